The zero-order chi connectivity index (χ0) is 4.83. The Hall–Kier alpha value is 0.230. The third-order valence-corrected chi connectivity index (χ3v) is 1.54. The van der Waals surface area contributed by atoms with E-state index in [1.807, 2.05) is 5.40 Å². The summed E-state index contributed by atoms with van der Waals surface area (Å²) in [5, 5.41) is 9.71. The first-order valence-electron chi connectivity index (χ1n) is 1.24. The molecule has 2 nitrogen and oxygen atoms in total. The van der Waals surface area contributed by atoms with Crippen LogP contribution in [0.3, 0.4) is 0 Å². The summed E-state index contributed by atoms with van der Waals surface area (Å²) < 4.78 is 4.55. The average molecular weight is 121 g/mol. The van der Waals surface area contributed by atoms with Gasteiger partial charge in [0.2, 0.25) is 0 Å². The minimum Gasteiger partial charge on any atom is -0.354 e. The van der Waals surface area contributed by atoms with Crippen LogP contribution in [0.1, 0.15) is 0 Å². The lowest BCUT2D eigenvalue weighted by Crippen LogP contribution is -1.48. The summed E-state index contributed by atoms with van der Waals surface area (Å²) in [5.41, 5.74) is 0. The molecule has 0 saturated carbocycles. The maximum Gasteiger partial charge on any atom is 0.140 e. The maximum absolute atomic E-state index is 7.84. The zero-order valence-electron chi connectivity index (χ0n) is 3.26. The van der Waals surface area contributed by atoms with Crippen LogP contribution >= 0.6 is 19.4 Å². The highest BCUT2D eigenvalue weighted by Crippen LogP contribution is 2.26. The van der Waals surface area contributed by atoms with Gasteiger partial charge in [-0.3, -0.25) is 0 Å². The van der Waals surface area contributed by atoms with Crippen LogP contribution in [0.2, 0.25) is 0 Å². The van der Waals surface area contributed by atoms with Gasteiger partial charge in [-0.25, -0.2) is 0 Å². The van der Waals surface area contributed by atoms with Crippen molar-refractivity contribution in [2.75, 3.05) is 7.11 Å². The van der Waals surface area contributed by atoms with Gasteiger partial charge >= 0.3 is 0 Å². The van der Waals surface area contributed by atoms with E-state index < -0.39 is 0 Å². The van der Waals surface area contributed by atoms with Crippen LogP contribution in [0.25, 0.3) is 0 Å². The lowest BCUT2D eigenvalue weighted by Gasteiger charge is -1.81. The Morgan fingerprint density at radius 3 is 2.83 bits per heavy atom. The van der Waals surface area contributed by atoms with E-state index in [-0.39, 0.29) is 8.01 Å². The fourth-order valence-electron chi connectivity index (χ4n) is 0.0603. The highest BCUT2D eigenvalue weighted by Gasteiger charge is 1.74. The molecule has 0 amide bonds. The molecule has 0 aromatic rings. The second kappa shape index (κ2) is 5.23. The van der Waals surface area contributed by atoms with Crippen LogP contribution in [0.4, 0.5) is 0 Å². The van der Waals surface area contributed by atoms with Crippen LogP contribution in [-0.2, 0) is 4.52 Å². The molecule has 0 aliphatic heterocycles. The summed E-state index contributed by atoms with van der Waals surface area (Å²) in [6.45, 7) is 0. The van der Waals surface area contributed by atoms with E-state index in [2.05, 4.69) is 4.52 Å². The molecule has 1 atom stereocenters. The summed E-state index contributed by atoms with van der Waals surface area (Å²) in [4.78, 5) is 0. The van der Waals surface area contributed by atoms with Crippen molar-refractivity contribution in [2.45, 2.75) is 0 Å². The van der Waals surface area contributed by atoms with Gasteiger partial charge in [-0.15, -0.1) is 0 Å². The number of rotatable bonds is 2. The van der Waals surface area contributed by atoms with Crippen molar-refractivity contribution in [3.63, 3.8) is 0 Å². The molecule has 34 valence electrons. The van der Waals surface area contributed by atoms with Gasteiger partial charge in [-0.05, 0) is 0 Å². The Kier molecular flexibility index (Phi) is 5.43. The molecule has 0 saturated heterocycles. The highest BCUT2D eigenvalue weighted by molar-refractivity contribution is 8.50. The van der Waals surface area contributed by atoms with Gasteiger partial charge in [0, 0.05) is 18.5 Å². The van der Waals surface area contributed by atoms with Gasteiger partial charge in [-0.1, -0.05) is 0 Å². The molecule has 0 fully saturated rings. The molecule has 0 rings (SSSR count). The predicted octanol–water partition coefficient (Wildman–Crippen LogP) is 1.36. The minimum absolute atomic E-state index is 0.270. The molecule has 0 spiro atoms. The van der Waals surface area contributed by atoms with E-state index in [1.165, 1.54) is 0 Å². The van der Waals surface area contributed by atoms with Crippen molar-refractivity contribution in [2.24, 2.45) is 0 Å². The molecule has 0 aromatic heterocycles. The summed E-state index contributed by atoms with van der Waals surface area (Å²) in [5.74, 6) is 0. The van der Waals surface area contributed by atoms with Gasteiger partial charge in [0.05, 0.1) is 8.01 Å². The molecule has 0 aromatic carbocycles. The Labute approximate surface area is 42.5 Å². The molecular formula is C2H4NOPS. The number of hydrogen-bond donors (Lipinski definition) is 0. The van der Waals surface area contributed by atoms with Crippen LogP contribution in [0, 0.1) is 10.7 Å². The highest BCUT2D eigenvalue weighted by atomic mass is 32.7. The summed E-state index contributed by atoms with van der Waals surface area (Å²) in [6, 6.07) is 0. The fraction of sp³-hybridized carbons (Fsp3) is 0.500. The van der Waals surface area contributed by atoms with Gasteiger partial charge < -0.3 is 4.52 Å². The molecule has 4 heteroatoms. The Morgan fingerprint density at radius 2 is 2.67 bits per heavy atom. The van der Waals surface area contributed by atoms with Crippen molar-refractivity contribution in [3.8, 4) is 5.40 Å². The molecule has 1 unspecified atom stereocenters. The van der Waals surface area contributed by atoms with Crippen LogP contribution < -0.4 is 0 Å². The van der Waals surface area contributed by atoms with E-state index in [4.69, 9.17) is 5.26 Å². The monoisotopic (exact) mass is 121 g/mol. The maximum atomic E-state index is 7.84. The smallest absolute Gasteiger partial charge is 0.140 e. The topological polar surface area (TPSA) is 33.0 Å². The predicted molar refractivity (Wildman–Crippen MR) is 28.5 cm³/mol. The van der Waals surface area contributed by atoms with Gasteiger partial charge in [0.25, 0.3) is 0 Å². The van der Waals surface area contributed by atoms with E-state index in [9.17, 15) is 0 Å². The first kappa shape index (κ1) is 6.23. The number of hydrogen-bond acceptors (Lipinski definition) is 3. The molecule has 0 aliphatic rings. The molecule has 0 radical (unpaired) electrons. The van der Waals surface area contributed by atoms with Crippen molar-refractivity contribution in [1.82, 2.24) is 0 Å². The van der Waals surface area contributed by atoms with Crippen molar-refractivity contribution >= 4 is 19.4 Å². The van der Waals surface area contributed by atoms with Crippen molar-refractivity contribution < 1.29 is 4.52 Å². The van der Waals surface area contributed by atoms with Gasteiger partial charge in [0.15, 0.2) is 0 Å². The first-order chi connectivity index (χ1) is 2.91. The quantitative estimate of drug-likeness (QED) is 0.314. The van der Waals surface area contributed by atoms with Gasteiger partial charge in [0.1, 0.15) is 5.40 Å². The number of nitrogens with zero attached hydrogens (tertiary/aromatic N) is 1. The number of thiocyanates is 1. The summed E-state index contributed by atoms with van der Waals surface area (Å²) in [6.07, 6.45) is 0. The standard InChI is InChI=1S/C2H4NOPS/c1-4-5-6-2-3/h5H,1H3. The van der Waals surface area contributed by atoms with E-state index in [0.29, 0.717) is 0 Å². The second-order valence-corrected chi connectivity index (χ2v) is 2.55. The third kappa shape index (κ3) is 4.23. The Balaban J connectivity index is 2.54. The molecule has 6 heavy (non-hydrogen) atoms. The lowest BCUT2D eigenvalue weighted by molar-refractivity contribution is 0.485. The molecule has 0 N–H and O–H groups in total. The molecular weight excluding hydrogens is 117 g/mol. The van der Waals surface area contributed by atoms with Gasteiger partial charge in [-0.2, -0.15) is 5.26 Å². The van der Waals surface area contributed by atoms with Crippen LogP contribution in [-0.4, -0.2) is 7.11 Å². The van der Waals surface area contributed by atoms with Crippen LogP contribution in [0.5, 0.6) is 0 Å². The molecule has 0 heterocycles. The Morgan fingerprint density at radius 1 is 2.00 bits per heavy atom. The van der Waals surface area contributed by atoms with Crippen molar-refractivity contribution in [3.05, 3.63) is 0 Å². The second-order valence-electron chi connectivity index (χ2n) is 0.481. The lowest BCUT2D eigenvalue weighted by atomic mass is 11.8. The third-order valence-electron chi connectivity index (χ3n) is 0.171. The molecule has 0 aliphatic carbocycles. The van der Waals surface area contributed by atoms with E-state index >= 15 is 0 Å². The average Bonchev–Trinajstić information content (AvgIpc) is 1.61. The number of nitriles is 1. The largest absolute Gasteiger partial charge is 0.354 e. The fourth-order valence-corrected chi connectivity index (χ4v) is 0.543. The van der Waals surface area contributed by atoms with E-state index in [1.54, 1.807) is 7.11 Å². The normalized spacial score (nSPS) is 9.33. The summed E-state index contributed by atoms with van der Waals surface area (Å²) >= 11 is 1.12. The molecule has 0 bridgehead atoms. The minimum atomic E-state index is 0.270. The summed E-state index contributed by atoms with van der Waals surface area (Å²) in [7, 11) is 1.84. The Bertz CT molecular complexity index is 61.1. The zero-order valence-corrected chi connectivity index (χ0v) is 5.08. The van der Waals surface area contributed by atoms with Crippen LogP contribution in [0.15, 0.2) is 0 Å². The SMILES string of the molecule is COPSC#N. The van der Waals surface area contributed by atoms with E-state index in [0.717, 1.165) is 11.4 Å². The first-order valence-corrected chi connectivity index (χ1v) is 3.69. The van der Waals surface area contributed by atoms with Crippen molar-refractivity contribution in [1.29, 1.82) is 5.26 Å².